The molecule has 4 aromatic rings. The first-order chi connectivity index (χ1) is 33.5. The van der Waals surface area contributed by atoms with Crippen molar-refractivity contribution in [3.05, 3.63) is 119 Å². The van der Waals surface area contributed by atoms with Gasteiger partial charge in [0, 0.05) is 72.6 Å². The maximum Gasteiger partial charge on any atom is 0.329 e. The van der Waals surface area contributed by atoms with Crippen LogP contribution < -0.4 is 18.9 Å². The highest BCUT2D eigenvalue weighted by Crippen LogP contribution is 2.40. The van der Waals surface area contributed by atoms with Gasteiger partial charge in [0.1, 0.15) is 47.4 Å². The van der Waals surface area contributed by atoms with Gasteiger partial charge in [0.2, 0.25) is 0 Å². The molecule has 0 bridgehead atoms. The number of hydrogen-bond donors (Lipinski definition) is 0. The van der Waals surface area contributed by atoms with Crippen LogP contribution in [0.2, 0.25) is 0 Å². The van der Waals surface area contributed by atoms with Crippen molar-refractivity contribution in [1.29, 1.82) is 0 Å². The zero-order valence-electron chi connectivity index (χ0n) is 40.7. The molecule has 6 amide bonds. The van der Waals surface area contributed by atoms with Gasteiger partial charge in [-0.05, 0) is 96.7 Å². The highest BCUT2D eigenvalue weighted by molar-refractivity contribution is 6.07. The molecule has 0 atom stereocenters. The molecular weight excluding hydrogens is 881 g/mol. The van der Waals surface area contributed by atoms with E-state index in [0.29, 0.717) is 108 Å². The van der Waals surface area contributed by atoms with Crippen molar-refractivity contribution < 1.29 is 47.6 Å². The zero-order valence-corrected chi connectivity index (χ0v) is 40.7. The van der Waals surface area contributed by atoms with Crippen LogP contribution in [-0.2, 0) is 51.7 Å². The standard InChI is InChI=1S/C53H66N6O10/c1-64-28-27-58-50(62)56(22-10-15-43-14-6-7-17-47(43)68-5)48(60)52(58)18-23-54(24-19-52)34-39-11-8-13-41(29-39)37-69-46-32-42(31-45(33-46)67-4)36-57-49(61)53(59(38-65-2)51(57)63)20-25-55(26-21-53)35-40-12-9-16-44(30-40)66-3/h6-9,11-14,16-17,29-33H,10,15,18-28,34-38H2,1-5H3. The summed E-state index contributed by atoms with van der Waals surface area (Å²) in [6.45, 7) is 5.38. The van der Waals surface area contributed by atoms with Gasteiger partial charge < -0.3 is 33.3 Å². The van der Waals surface area contributed by atoms with Gasteiger partial charge in [-0.2, -0.15) is 0 Å². The number of rotatable bonds is 21. The average Bonchev–Trinajstić information content (AvgIpc) is 3.67. The maximum absolute atomic E-state index is 14.4. The predicted octanol–water partition coefficient (Wildman–Crippen LogP) is 6.57. The summed E-state index contributed by atoms with van der Waals surface area (Å²) in [7, 11) is 8.03. The molecule has 0 radical (unpaired) electrons. The molecule has 0 N–H and O–H groups in total. The number of carbonyl (C=O) groups excluding carboxylic acids is 4. The number of ether oxygens (including phenoxy) is 6. The van der Waals surface area contributed by atoms with E-state index >= 15 is 0 Å². The van der Waals surface area contributed by atoms with E-state index in [9.17, 15) is 19.2 Å². The molecule has 69 heavy (non-hydrogen) atoms. The molecule has 368 valence electrons. The molecular formula is C53H66N6O10. The Kier molecular flexibility index (Phi) is 15.7. The maximum atomic E-state index is 14.4. The second kappa shape index (κ2) is 22.0. The van der Waals surface area contributed by atoms with E-state index in [4.69, 9.17) is 28.4 Å². The van der Waals surface area contributed by atoms with Gasteiger partial charge in [-0.15, -0.1) is 0 Å². The molecule has 4 saturated heterocycles. The third-order valence-corrected chi connectivity index (χ3v) is 14.3. The molecule has 2 spiro atoms. The van der Waals surface area contributed by atoms with Crippen LogP contribution in [0.3, 0.4) is 0 Å². The first-order valence-electron chi connectivity index (χ1n) is 23.9. The van der Waals surface area contributed by atoms with Crippen LogP contribution in [0.25, 0.3) is 0 Å². The van der Waals surface area contributed by atoms with E-state index in [1.54, 1.807) is 44.3 Å². The van der Waals surface area contributed by atoms with Crippen molar-refractivity contribution in [3.8, 4) is 23.0 Å². The number of amides is 6. The second-order valence-corrected chi connectivity index (χ2v) is 18.4. The molecule has 0 unspecified atom stereocenters. The summed E-state index contributed by atoms with van der Waals surface area (Å²) >= 11 is 0. The third kappa shape index (κ3) is 10.5. The van der Waals surface area contributed by atoms with Crippen LogP contribution in [0.15, 0.2) is 91.0 Å². The van der Waals surface area contributed by atoms with E-state index in [-0.39, 0.29) is 43.8 Å². The Bertz CT molecular complexity index is 2450. The fourth-order valence-corrected chi connectivity index (χ4v) is 10.5. The highest BCUT2D eigenvalue weighted by atomic mass is 16.5. The minimum absolute atomic E-state index is 0.0146. The highest BCUT2D eigenvalue weighted by Gasteiger charge is 2.59. The van der Waals surface area contributed by atoms with Crippen molar-refractivity contribution in [1.82, 2.24) is 29.4 Å². The fraction of sp³-hybridized carbons (Fsp3) is 0.472. The molecule has 0 aromatic heterocycles. The van der Waals surface area contributed by atoms with Gasteiger partial charge in [0.25, 0.3) is 11.8 Å². The number of aryl methyl sites for hydroxylation is 1. The lowest BCUT2D eigenvalue weighted by Crippen LogP contribution is -2.57. The fourth-order valence-electron chi connectivity index (χ4n) is 10.5. The molecule has 0 aliphatic carbocycles. The second-order valence-electron chi connectivity index (χ2n) is 18.4. The van der Waals surface area contributed by atoms with Gasteiger partial charge in [0.15, 0.2) is 0 Å². The summed E-state index contributed by atoms with van der Waals surface area (Å²) in [5.41, 5.74) is 3.06. The largest absolute Gasteiger partial charge is 0.497 e. The van der Waals surface area contributed by atoms with Crippen molar-refractivity contribution >= 4 is 23.9 Å². The molecule has 4 aromatic carbocycles. The third-order valence-electron chi connectivity index (χ3n) is 14.3. The van der Waals surface area contributed by atoms with E-state index in [1.165, 1.54) is 16.9 Å². The van der Waals surface area contributed by atoms with Gasteiger partial charge in [-0.25, -0.2) is 9.59 Å². The minimum Gasteiger partial charge on any atom is -0.497 e. The van der Waals surface area contributed by atoms with Crippen LogP contribution in [0.4, 0.5) is 9.59 Å². The lowest BCUT2D eigenvalue weighted by atomic mass is 9.85. The van der Waals surface area contributed by atoms with E-state index in [0.717, 1.165) is 40.3 Å². The van der Waals surface area contributed by atoms with Crippen LogP contribution in [0.5, 0.6) is 23.0 Å². The predicted molar refractivity (Wildman–Crippen MR) is 258 cm³/mol. The minimum atomic E-state index is -0.992. The van der Waals surface area contributed by atoms with Crippen molar-refractivity contribution in [2.75, 3.05) is 88.2 Å². The van der Waals surface area contributed by atoms with Crippen LogP contribution >= 0.6 is 0 Å². The Morgan fingerprint density at radius 1 is 0.522 bits per heavy atom. The average molecular weight is 947 g/mol. The first-order valence-corrected chi connectivity index (χ1v) is 23.9. The molecule has 4 fully saturated rings. The summed E-state index contributed by atoms with van der Waals surface area (Å²) in [6.07, 6.45) is 3.39. The molecule has 16 nitrogen and oxygen atoms in total. The monoisotopic (exact) mass is 946 g/mol. The number of para-hydroxylation sites is 1. The number of imide groups is 2. The summed E-state index contributed by atoms with van der Waals surface area (Å²) in [5.74, 6) is 2.36. The summed E-state index contributed by atoms with van der Waals surface area (Å²) in [6, 6.07) is 28.9. The Hall–Kier alpha value is -6.20. The number of carbonyl (C=O) groups is 4. The van der Waals surface area contributed by atoms with Crippen molar-refractivity contribution in [2.45, 2.75) is 75.8 Å². The SMILES string of the molecule is COCCN1C(=O)N(CCCc2ccccc2OC)C(=O)C12CCN(Cc1cccc(COc3cc(CN4C(=O)N(COC)C5(CCN(Cc6cccc(OC)c6)CC5)C4=O)cc(OC)c3)c1)CC2. The van der Waals surface area contributed by atoms with E-state index < -0.39 is 11.1 Å². The van der Waals surface area contributed by atoms with Crippen LogP contribution in [0, 0.1) is 0 Å². The quantitative estimate of drug-likeness (QED) is 0.0834. The normalized spacial score (nSPS) is 18.3. The first kappa shape index (κ1) is 49.2. The lowest BCUT2D eigenvalue weighted by Gasteiger charge is -2.42. The Morgan fingerprint density at radius 3 is 1.78 bits per heavy atom. The van der Waals surface area contributed by atoms with Crippen molar-refractivity contribution in [3.63, 3.8) is 0 Å². The smallest absolute Gasteiger partial charge is 0.329 e. The summed E-state index contributed by atoms with van der Waals surface area (Å²) < 4.78 is 33.8. The Balaban J connectivity index is 0.872. The number of benzene rings is 4. The topological polar surface area (TPSA) is 143 Å². The van der Waals surface area contributed by atoms with Crippen molar-refractivity contribution in [2.24, 2.45) is 0 Å². The molecule has 4 aliphatic heterocycles. The molecule has 4 aliphatic rings. The number of hydrogen-bond acceptors (Lipinski definition) is 12. The molecule has 16 heteroatoms. The lowest BCUT2D eigenvalue weighted by molar-refractivity contribution is -0.137. The number of methoxy groups -OCH3 is 5. The van der Waals surface area contributed by atoms with Crippen LogP contribution in [0.1, 0.15) is 59.9 Å². The summed E-state index contributed by atoms with van der Waals surface area (Å²) in [5, 5.41) is 0. The van der Waals surface area contributed by atoms with Gasteiger partial charge in [-0.1, -0.05) is 54.6 Å². The number of urea groups is 2. The Morgan fingerprint density at radius 2 is 1.12 bits per heavy atom. The molecule has 0 saturated carbocycles. The molecule has 8 rings (SSSR count). The number of likely N-dealkylation sites (tertiary alicyclic amines) is 2. The van der Waals surface area contributed by atoms with Gasteiger partial charge >= 0.3 is 12.1 Å². The number of nitrogens with zero attached hydrogens (tertiary/aromatic N) is 6. The van der Waals surface area contributed by atoms with Gasteiger partial charge in [0.05, 0.1) is 34.5 Å². The Labute approximate surface area is 405 Å². The summed E-state index contributed by atoms with van der Waals surface area (Å²) in [4.78, 5) is 67.2. The van der Waals surface area contributed by atoms with E-state index in [2.05, 4.69) is 28.0 Å². The van der Waals surface area contributed by atoms with Gasteiger partial charge in [-0.3, -0.25) is 34.1 Å². The number of piperidine rings is 2. The molecule has 4 heterocycles. The van der Waals surface area contributed by atoms with Crippen LogP contribution in [-0.4, -0.2) is 153 Å². The zero-order chi connectivity index (χ0) is 48.5. The van der Waals surface area contributed by atoms with E-state index in [1.807, 2.05) is 66.7 Å².